The lowest BCUT2D eigenvalue weighted by molar-refractivity contribution is 0.378. The maximum absolute atomic E-state index is 13.5. The van der Waals surface area contributed by atoms with Crippen LogP contribution < -0.4 is 10.6 Å². The highest BCUT2D eigenvalue weighted by molar-refractivity contribution is 5.79. The van der Waals surface area contributed by atoms with Crippen LogP contribution in [-0.2, 0) is 0 Å². The van der Waals surface area contributed by atoms with Gasteiger partial charge in [0.2, 0.25) is 5.82 Å². The summed E-state index contributed by atoms with van der Waals surface area (Å²) in [6.07, 6.45) is 0. The van der Waals surface area contributed by atoms with Crippen LogP contribution in [0, 0.1) is 40.4 Å². The number of hydrogen-bond donors (Lipinski definition) is 2. The Kier molecular flexibility index (Phi) is 4.33. The largest absolute Gasteiger partial charge is 0.387 e. The van der Waals surface area contributed by atoms with Crippen molar-refractivity contribution in [2.45, 2.75) is 6.92 Å². The van der Waals surface area contributed by atoms with Crippen LogP contribution in [0.1, 0.15) is 6.92 Å². The van der Waals surface area contributed by atoms with Gasteiger partial charge in [-0.15, -0.1) is 0 Å². The Hall–Kier alpha value is -1.86. The van der Waals surface area contributed by atoms with Crippen LogP contribution in [0.3, 0.4) is 0 Å². The number of halogens is 5. The summed E-state index contributed by atoms with van der Waals surface area (Å²) in [5, 5.41) is 7.14. The van der Waals surface area contributed by atoms with E-state index in [0.717, 1.165) is 11.9 Å². The summed E-state index contributed by atoms with van der Waals surface area (Å²) in [5.41, 5.74) is 4.15. The summed E-state index contributed by atoms with van der Waals surface area (Å²) in [6.45, 7) is 1.33. The molecule has 0 saturated carbocycles. The summed E-state index contributed by atoms with van der Waals surface area (Å²) in [5.74, 6) is -10.9. The molecule has 1 rings (SSSR count). The molecule has 1 aromatic rings. The minimum absolute atomic E-state index is 0.159. The van der Waals surface area contributed by atoms with E-state index in [1.165, 1.54) is 6.92 Å². The highest BCUT2D eigenvalue weighted by atomic mass is 19.2. The molecule has 1 unspecified atom stereocenters. The molecule has 0 saturated heterocycles. The highest BCUT2D eigenvalue weighted by Gasteiger charge is 2.28. The van der Waals surface area contributed by atoms with Crippen LogP contribution in [0.4, 0.5) is 27.6 Å². The minimum Gasteiger partial charge on any atom is -0.387 e. The molecule has 0 fully saturated rings. The minimum atomic E-state index is -2.20. The van der Waals surface area contributed by atoms with Gasteiger partial charge < -0.3 is 10.6 Å². The molecule has 0 aliphatic rings. The maximum Gasteiger partial charge on any atom is 0.200 e. The SMILES string of the molecule is CC(CN(C)c1c(F)c(F)c(F)c(F)c1F)C(=N)N. The van der Waals surface area contributed by atoms with E-state index in [4.69, 9.17) is 11.1 Å². The van der Waals surface area contributed by atoms with Crippen molar-refractivity contribution >= 4 is 11.5 Å². The number of hydrogen-bond acceptors (Lipinski definition) is 2. The number of amidine groups is 1. The molecule has 0 radical (unpaired) electrons. The Morgan fingerprint density at radius 3 is 1.79 bits per heavy atom. The Morgan fingerprint density at radius 1 is 1.05 bits per heavy atom. The molecule has 0 spiro atoms. The van der Waals surface area contributed by atoms with Crippen LogP contribution in [0.2, 0.25) is 0 Å². The van der Waals surface area contributed by atoms with Crippen molar-refractivity contribution in [2.24, 2.45) is 11.7 Å². The van der Waals surface area contributed by atoms with Crippen LogP contribution in [0.5, 0.6) is 0 Å². The van der Waals surface area contributed by atoms with Crippen molar-refractivity contribution in [3.63, 3.8) is 0 Å². The Morgan fingerprint density at radius 2 is 1.42 bits per heavy atom. The second-order valence-corrected chi connectivity index (χ2v) is 4.16. The van der Waals surface area contributed by atoms with Gasteiger partial charge in [0.15, 0.2) is 23.3 Å². The van der Waals surface area contributed by atoms with E-state index in [1.807, 2.05) is 0 Å². The van der Waals surface area contributed by atoms with E-state index in [2.05, 4.69) is 0 Å². The number of benzene rings is 1. The van der Waals surface area contributed by atoms with Gasteiger partial charge in [0.1, 0.15) is 5.69 Å². The van der Waals surface area contributed by atoms with Gasteiger partial charge >= 0.3 is 0 Å². The van der Waals surface area contributed by atoms with E-state index < -0.39 is 40.7 Å². The Bertz CT molecular complexity index is 489. The predicted octanol–water partition coefficient (Wildman–Crippen LogP) is 2.39. The molecular formula is C11H12F5N3. The van der Waals surface area contributed by atoms with Gasteiger partial charge in [-0.25, -0.2) is 22.0 Å². The van der Waals surface area contributed by atoms with Crippen LogP contribution >= 0.6 is 0 Å². The fourth-order valence-corrected chi connectivity index (χ4v) is 1.53. The van der Waals surface area contributed by atoms with Crippen LogP contribution in [0.25, 0.3) is 0 Å². The lowest BCUT2D eigenvalue weighted by Crippen LogP contribution is -2.33. The molecule has 0 aliphatic carbocycles. The number of nitrogens with two attached hydrogens (primary N) is 1. The first-order valence-corrected chi connectivity index (χ1v) is 5.24. The van der Waals surface area contributed by atoms with E-state index in [9.17, 15) is 22.0 Å². The number of nitrogens with zero attached hydrogens (tertiary/aromatic N) is 1. The zero-order valence-electron chi connectivity index (χ0n) is 10.2. The van der Waals surface area contributed by atoms with Crippen LogP contribution in [0.15, 0.2) is 0 Å². The van der Waals surface area contributed by atoms with Gasteiger partial charge in [-0.2, -0.15) is 0 Å². The van der Waals surface area contributed by atoms with Gasteiger partial charge in [-0.1, -0.05) is 6.92 Å². The van der Waals surface area contributed by atoms with Crippen LogP contribution in [-0.4, -0.2) is 19.4 Å². The Labute approximate surface area is 106 Å². The summed E-state index contributed by atoms with van der Waals surface area (Å²) in [4.78, 5) is 0.836. The first kappa shape index (κ1) is 15.2. The van der Waals surface area contributed by atoms with E-state index in [0.29, 0.717) is 0 Å². The normalized spacial score (nSPS) is 12.4. The molecule has 19 heavy (non-hydrogen) atoms. The second-order valence-electron chi connectivity index (χ2n) is 4.16. The fraction of sp³-hybridized carbons (Fsp3) is 0.364. The molecule has 0 bridgehead atoms. The standard InChI is InChI=1S/C11H12F5N3/c1-4(11(17)18)3-19(2)10-8(15)6(13)5(12)7(14)9(10)16/h4H,3H2,1-2H3,(H3,17,18). The summed E-state index contributed by atoms with van der Waals surface area (Å²) in [6, 6.07) is 0. The maximum atomic E-state index is 13.5. The number of rotatable bonds is 4. The fourth-order valence-electron chi connectivity index (χ4n) is 1.53. The molecule has 3 nitrogen and oxygen atoms in total. The smallest absolute Gasteiger partial charge is 0.200 e. The quantitative estimate of drug-likeness (QED) is 0.293. The number of nitrogens with one attached hydrogen (secondary N) is 1. The van der Waals surface area contributed by atoms with E-state index in [1.54, 1.807) is 0 Å². The lowest BCUT2D eigenvalue weighted by Gasteiger charge is -2.24. The van der Waals surface area contributed by atoms with E-state index in [-0.39, 0.29) is 12.4 Å². The predicted molar refractivity (Wildman–Crippen MR) is 60.6 cm³/mol. The van der Waals surface area contributed by atoms with Crippen molar-refractivity contribution in [3.05, 3.63) is 29.1 Å². The van der Waals surface area contributed by atoms with Crippen molar-refractivity contribution in [1.82, 2.24) is 0 Å². The van der Waals surface area contributed by atoms with Crippen molar-refractivity contribution in [1.29, 1.82) is 5.41 Å². The van der Waals surface area contributed by atoms with Gasteiger partial charge in [-0.05, 0) is 0 Å². The molecule has 0 heterocycles. The molecule has 8 heteroatoms. The van der Waals surface area contributed by atoms with Gasteiger partial charge in [0.25, 0.3) is 0 Å². The second kappa shape index (κ2) is 5.41. The first-order chi connectivity index (χ1) is 8.68. The van der Waals surface area contributed by atoms with Gasteiger partial charge in [0, 0.05) is 19.5 Å². The van der Waals surface area contributed by atoms with Crippen molar-refractivity contribution < 1.29 is 22.0 Å². The molecule has 3 N–H and O–H groups in total. The zero-order valence-corrected chi connectivity index (χ0v) is 10.2. The third-order valence-corrected chi connectivity index (χ3v) is 2.65. The van der Waals surface area contributed by atoms with Gasteiger partial charge in [0.05, 0.1) is 5.84 Å². The topological polar surface area (TPSA) is 53.1 Å². The first-order valence-electron chi connectivity index (χ1n) is 5.24. The molecular weight excluding hydrogens is 269 g/mol. The van der Waals surface area contributed by atoms with Gasteiger partial charge in [-0.3, -0.25) is 5.41 Å². The third-order valence-electron chi connectivity index (χ3n) is 2.65. The van der Waals surface area contributed by atoms with Crippen molar-refractivity contribution in [2.75, 3.05) is 18.5 Å². The van der Waals surface area contributed by atoms with E-state index >= 15 is 0 Å². The highest BCUT2D eigenvalue weighted by Crippen LogP contribution is 2.29. The third kappa shape index (κ3) is 2.77. The molecule has 0 amide bonds. The average Bonchev–Trinajstić information content (AvgIpc) is 2.34. The molecule has 1 atom stereocenters. The summed E-state index contributed by atoms with van der Waals surface area (Å²) in [7, 11) is 1.15. The number of anilines is 1. The molecule has 106 valence electrons. The Balaban J connectivity index is 3.24. The average molecular weight is 281 g/mol. The van der Waals surface area contributed by atoms with Crippen molar-refractivity contribution in [3.8, 4) is 0 Å². The molecule has 0 aliphatic heterocycles. The summed E-state index contributed by atoms with van der Waals surface area (Å²) >= 11 is 0. The molecule has 0 aromatic heterocycles. The summed E-state index contributed by atoms with van der Waals surface area (Å²) < 4.78 is 65.8. The monoisotopic (exact) mass is 281 g/mol. The molecule has 1 aromatic carbocycles. The lowest BCUT2D eigenvalue weighted by atomic mass is 10.1. The zero-order chi connectivity index (χ0) is 14.9.